The summed E-state index contributed by atoms with van der Waals surface area (Å²) in [4.78, 5) is 15.3. The van der Waals surface area contributed by atoms with Crippen molar-refractivity contribution in [2.24, 2.45) is 11.8 Å². The number of fused-ring (bicyclic) bond motifs is 1. The largest absolute Gasteiger partial charge is 0.355 e. The molecular weight excluding hydrogens is 402 g/mol. The number of carbonyl (C=O) groups excluding carboxylic acids is 1. The van der Waals surface area contributed by atoms with E-state index < -0.39 is 0 Å². The summed E-state index contributed by atoms with van der Waals surface area (Å²) in [6.45, 7) is 10.4. The lowest BCUT2D eigenvalue weighted by Gasteiger charge is -2.33. The Balaban J connectivity index is 1.37. The predicted octanol–water partition coefficient (Wildman–Crippen LogP) is 3.76. The SMILES string of the molecule is CC[C@H](C)c1ccc([C@@H](NC(=O)C2CCN(c3ccc4nnnn4n3)CC2)C(C)C)cc1. The minimum absolute atomic E-state index is 0.0173. The van der Waals surface area contributed by atoms with Crippen LogP contribution in [0.25, 0.3) is 5.65 Å². The van der Waals surface area contributed by atoms with Gasteiger partial charge in [0.2, 0.25) is 5.91 Å². The Morgan fingerprint density at radius 2 is 1.75 bits per heavy atom. The van der Waals surface area contributed by atoms with Crippen molar-refractivity contribution in [1.82, 2.24) is 30.6 Å². The highest BCUT2D eigenvalue weighted by atomic mass is 16.2. The molecule has 1 saturated heterocycles. The van der Waals surface area contributed by atoms with Crippen LogP contribution < -0.4 is 10.2 Å². The van der Waals surface area contributed by atoms with Crippen molar-refractivity contribution in [3.05, 3.63) is 47.5 Å². The first-order valence-corrected chi connectivity index (χ1v) is 11.7. The summed E-state index contributed by atoms with van der Waals surface area (Å²) in [7, 11) is 0. The third-order valence-corrected chi connectivity index (χ3v) is 6.69. The Kier molecular flexibility index (Phi) is 6.67. The standard InChI is InChI=1S/C24H33N7O/c1-5-17(4)18-6-8-19(9-7-18)23(16(2)3)25-24(32)20-12-14-30(15-13-20)22-11-10-21-26-28-29-31(21)27-22/h6-11,16-17,20,23H,5,12-15H2,1-4H3,(H,25,32)/t17-,23-/m0/s1. The highest BCUT2D eigenvalue weighted by Gasteiger charge is 2.28. The minimum atomic E-state index is 0.0173. The van der Waals surface area contributed by atoms with Crippen LogP contribution in [-0.4, -0.2) is 44.3 Å². The van der Waals surface area contributed by atoms with Gasteiger partial charge in [-0.25, -0.2) is 0 Å². The van der Waals surface area contributed by atoms with Gasteiger partial charge >= 0.3 is 0 Å². The van der Waals surface area contributed by atoms with Crippen LogP contribution in [0.3, 0.4) is 0 Å². The zero-order valence-electron chi connectivity index (χ0n) is 19.4. The minimum Gasteiger partial charge on any atom is -0.355 e. The van der Waals surface area contributed by atoms with Gasteiger partial charge in [0.05, 0.1) is 6.04 Å². The van der Waals surface area contributed by atoms with Crippen LogP contribution in [-0.2, 0) is 4.79 Å². The molecule has 32 heavy (non-hydrogen) atoms. The maximum absolute atomic E-state index is 13.1. The molecule has 0 bridgehead atoms. The lowest BCUT2D eigenvalue weighted by atomic mass is 9.90. The van der Waals surface area contributed by atoms with E-state index >= 15 is 0 Å². The van der Waals surface area contributed by atoms with E-state index in [1.54, 1.807) is 0 Å². The summed E-state index contributed by atoms with van der Waals surface area (Å²) in [5, 5.41) is 19.2. The van der Waals surface area contributed by atoms with Gasteiger partial charge in [-0.15, -0.1) is 14.8 Å². The molecule has 1 N–H and O–H groups in total. The topological polar surface area (TPSA) is 88.3 Å². The van der Waals surface area contributed by atoms with Gasteiger partial charge in [-0.05, 0) is 64.8 Å². The summed E-state index contributed by atoms with van der Waals surface area (Å²) < 4.78 is 1.44. The number of benzene rings is 1. The first kappa shape index (κ1) is 22.2. The molecule has 170 valence electrons. The van der Waals surface area contributed by atoms with Crippen LogP contribution in [0.5, 0.6) is 0 Å². The van der Waals surface area contributed by atoms with Crippen LogP contribution in [0.4, 0.5) is 5.82 Å². The number of hydrogen-bond acceptors (Lipinski definition) is 6. The van der Waals surface area contributed by atoms with E-state index in [0.717, 1.165) is 38.2 Å². The lowest BCUT2D eigenvalue weighted by Crippen LogP contribution is -2.42. The second-order valence-corrected chi connectivity index (χ2v) is 9.19. The van der Waals surface area contributed by atoms with E-state index in [0.29, 0.717) is 17.5 Å². The van der Waals surface area contributed by atoms with Gasteiger partial charge < -0.3 is 10.2 Å². The molecule has 1 aliphatic heterocycles. The van der Waals surface area contributed by atoms with Gasteiger partial charge in [-0.1, -0.05) is 52.0 Å². The Hall–Kier alpha value is -3.03. The predicted molar refractivity (Wildman–Crippen MR) is 124 cm³/mol. The molecule has 3 heterocycles. The summed E-state index contributed by atoms with van der Waals surface area (Å²) in [5.74, 6) is 1.88. The highest BCUT2D eigenvalue weighted by molar-refractivity contribution is 5.79. The van der Waals surface area contributed by atoms with Crippen LogP contribution in [0, 0.1) is 11.8 Å². The monoisotopic (exact) mass is 435 g/mol. The van der Waals surface area contributed by atoms with Crippen molar-refractivity contribution in [3.63, 3.8) is 0 Å². The fraction of sp³-hybridized carbons (Fsp3) is 0.542. The first-order valence-electron chi connectivity index (χ1n) is 11.7. The lowest BCUT2D eigenvalue weighted by molar-refractivity contribution is -0.126. The van der Waals surface area contributed by atoms with Crippen LogP contribution in [0.2, 0.25) is 0 Å². The molecule has 2 atom stereocenters. The van der Waals surface area contributed by atoms with Crippen molar-refractivity contribution in [1.29, 1.82) is 0 Å². The van der Waals surface area contributed by atoms with Gasteiger partial charge in [0.15, 0.2) is 11.5 Å². The Morgan fingerprint density at radius 3 is 2.41 bits per heavy atom. The molecule has 2 aromatic heterocycles. The second kappa shape index (κ2) is 9.63. The molecule has 8 nitrogen and oxygen atoms in total. The molecule has 1 amide bonds. The number of carbonyl (C=O) groups is 1. The average Bonchev–Trinajstić information content (AvgIpc) is 3.30. The van der Waals surface area contributed by atoms with Crippen molar-refractivity contribution >= 4 is 17.4 Å². The molecule has 0 radical (unpaired) electrons. The Labute approximate surface area is 189 Å². The molecule has 8 heteroatoms. The van der Waals surface area contributed by atoms with E-state index in [9.17, 15) is 4.79 Å². The van der Waals surface area contributed by atoms with E-state index in [2.05, 4.69) is 82.8 Å². The van der Waals surface area contributed by atoms with Crippen molar-refractivity contribution in [3.8, 4) is 0 Å². The van der Waals surface area contributed by atoms with Crippen LogP contribution >= 0.6 is 0 Å². The van der Waals surface area contributed by atoms with Crippen LogP contribution in [0.15, 0.2) is 36.4 Å². The smallest absolute Gasteiger partial charge is 0.223 e. The van der Waals surface area contributed by atoms with Gasteiger partial charge in [-0.3, -0.25) is 4.79 Å². The van der Waals surface area contributed by atoms with Gasteiger partial charge in [0.25, 0.3) is 0 Å². The summed E-state index contributed by atoms with van der Waals surface area (Å²) in [6.07, 6.45) is 2.74. The Morgan fingerprint density at radius 1 is 1.06 bits per heavy atom. The number of anilines is 1. The zero-order valence-corrected chi connectivity index (χ0v) is 19.4. The third-order valence-electron chi connectivity index (χ3n) is 6.69. The summed E-state index contributed by atoms with van der Waals surface area (Å²) in [5.41, 5.74) is 3.16. The number of amides is 1. The van der Waals surface area contributed by atoms with E-state index in [-0.39, 0.29) is 17.9 Å². The molecule has 1 fully saturated rings. The molecule has 0 saturated carbocycles. The molecule has 0 aliphatic carbocycles. The number of nitrogens with one attached hydrogen (secondary N) is 1. The van der Waals surface area contributed by atoms with Gasteiger partial charge in [0, 0.05) is 19.0 Å². The molecular formula is C24H33N7O. The summed E-state index contributed by atoms with van der Waals surface area (Å²) >= 11 is 0. The second-order valence-electron chi connectivity index (χ2n) is 9.19. The van der Waals surface area contributed by atoms with Gasteiger partial charge in [-0.2, -0.15) is 0 Å². The number of tetrazole rings is 1. The molecule has 0 unspecified atom stereocenters. The summed E-state index contributed by atoms with van der Waals surface area (Å²) in [6, 6.07) is 12.6. The fourth-order valence-corrected chi connectivity index (χ4v) is 4.35. The number of nitrogens with zero attached hydrogens (tertiary/aromatic N) is 6. The average molecular weight is 436 g/mol. The van der Waals surface area contributed by atoms with Crippen molar-refractivity contribution < 1.29 is 4.79 Å². The zero-order chi connectivity index (χ0) is 22.7. The van der Waals surface area contributed by atoms with Crippen molar-refractivity contribution in [2.75, 3.05) is 18.0 Å². The Bertz CT molecular complexity index is 1040. The number of piperidine rings is 1. The molecule has 4 rings (SSSR count). The number of hydrogen-bond donors (Lipinski definition) is 1. The molecule has 3 aromatic rings. The van der Waals surface area contributed by atoms with E-state index in [1.807, 2.05) is 12.1 Å². The molecule has 0 spiro atoms. The third kappa shape index (κ3) is 4.74. The quantitative estimate of drug-likeness (QED) is 0.608. The maximum Gasteiger partial charge on any atom is 0.223 e. The van der Waals surface area contributed by atoms with E-state index in [4.69, 9.17) is 0 Å². The first-order chi connectivity index (χ1) is 15.5. The fourth-order valence-electron chi connectivity index (χ4n) is 4.35. The maximum atomic E-state index is 13.1. The van der Waals surface area contributed by atoms with Gasteiger partial charge in [0.1, 0.15) is 0 Å². The van der Waals surface area contributed by atoms with E-state index in [1.165, 1.54) is 15.8 Å². The molecule has 1 aromatic carbocycles. The highest BCUT2D eigenvalue weighted by Crippen LogP contribution is 2.27. The number of aromatic nitrogens is 5. The van der Waals surface area contributed by atoms with Crippen LogP contribution in [0.1, 0.15) is 70.0 Å². The normalized spacial score (nSPS) is 17.0. The molecule has 1 aliphatic rings. The number of rotatable bonds is 7. The van der Waals surface area contributed by atoms with Crippen molar-refractivity contribution in [2.45, 2.75) is 58.9 Å².